The first-order valence-corrected chi connectivity index (χ1v) is 7.38. The molecule has 0 spiro atoms. The van der Waals surface area contributed by atoms with Crippen LogP contribution < -0.4 is 10.6 Å². The van der Waals surface area contributed by atoms with Crippen LogP contribution in [-0.4, -0.2) is 9.97 Å². The van der Waals surface area contributed by atoms with Gasteiger partial charge in [0.25, 0.3) is 0 Å². The first kappa shape index (κ1) is 15.2. The second kappa shape index (κ2) is 6.62. The first-order chi connectivity index (χ1) is 11.1. The number of aromatic nitrogens is 2. The minimum absolute atomic E-state index is 0.337. The lowest BCUT2D eigenvalue weighted by molar-refractivity contribution is 0.632. The fourth-order valence-corrected chi connectivity index (χ4v) is 2.18. The van der Waals surface area contributed by atoms with E-state index in [0.717, 1.165) is 11.4 Å². The van der Waals surface area contributed by atoms with Crippen LogP contribution in [0.25, 0.3) is 0 Å². The van der Waals surface area contributed by atoms with Crippen LogP contribution in [-0.2, 0) is 0 Å². The molecule has 0 aliphatic rings. The van der Waals surface area contributed by atoms with E-state index in [9.17, 15) is 4.39 Å². The lowest BCUT2D eigenvalue weighted by Gasteiger charge is -2.10. The van der Waals surface area contributed by atoms with E-state index in [1.165, 1.54) is 6.07 Å². The van der Waals surface area contributed by atoms with Crippen LogP contribution in [0.2, 0.25) is 5.02 Å². The van der Waals surface area contributed by atoms with Crippen LogP contribution in [0, 0.1) is 12.7 Å². The molecular formula is C17H14ClFN4. The van der Waals surface area contributed by atoms with Crippen molar-refractivity contribution in [3.05, 3.63) is 71.1 Å². The highest BCUT2D eigenvalue weighted by Gasteiger charge is 2.06. The van der Waals surface area contributed by atoms with Crippen LogP contribution in [0.15, 0.2) is 54.6 Å². The van der Waals surface area contributed by atoms with Crippen molar-refractivity contribution >= 4 is 34.7 Å². The molecule has 23 heavy (non-hydrogen) atoms. The average molecular weight is 329 g/mol. The smallest absolute Gasteiger partial charge is 0.229 e. The van der Waals surface area contributed by atoms with Gasteiger partial charge in [0.2, 0.25) is 5.95 Å². The molecule has 3 rings (SSSR count). The van der Waals surface area contributed by atoms with Gasteiger partial charge < -0.3 is 10.6 Å². The molecule has 0 saturated carbocycles. The molecule has 0 aliphatic carbocycles. The zero-order valence-electron chi connectivity index (χ0n) is 12.3. The molecule has 2 aromatic carbocycles. The lowest BCUT2D eigenvalue weighted by Crippen LogP contribution is -2.03. The molecule has 0 aliphatic heterocycles. The molecule has 0 atom stereocenters. The summed E-state index contributed by atoms with van der Waals surface area (Å²) in [4.78, 5) is 8.68. The van der Waals surface area contributed by atoms with E-state index in [0.29, 0.717) is 22.5 Å². The molecule has 4 nitrogen and oxygen atoms in total. The molecule has 6 heteroatoms. The third-order valence-electron chi connectivity index (χ3n) is 3.09. The lowest BCUT2D eigenvalue weighted by atomic mass is 10.3. The zero-order chi connectivity index (χ0) is 16.2. The average Bonchev–Trinajstić information content (AvgIpc) is 2.51. The fourth-order valence-electron chi connectivity index (χ4n) is 2.05. The molecule has 0 amide bonds. The van der Waals surface area contributed by atoms with Gasteiger partial charge in [0, 0.05) is 22.5 Å². The highest BCUT2D eigenvalue weighted by molar-refractivity contribution is 6.30. The van der Waals surface area contributed by atoms with Crippen molar-refractivity contribution in [3.8, 4) is 0 Å². The Balaban J connectivity index is 1.84. The van der Waals surface area contributed by atoms with Crippen molar-refractivity contribution in [2.75, 3.05) is 10.6 Å². The Hall–Kier alpha value is -2.66. The third kappa shape index (κ3) is 3.96. The maximum Gasteiger partial charge on any atom is 0.229 e. The molecule has 1 aromatic heterocycles. The van der Waals surface area contributed by atoms with E-state index in [2.05, 4.69) is 20.6 Å². The van der Waals surface area contributed by atoms with Gasteiger partial charge in [0.1, 0.15) is 11.6 Å². The highest BCUT2D eigenvalue weighted by atomic mass is 35.5. The number of hydrogen-bond acceptors (Lipinski definition) is 4. The summed E-state index contributed by atoms with van der Waals surface area (Å²) >= 11 is 5.87. The summed E-state index contributed by atoms with van der Waals surface area (Å²) in [5.74, 6) is 0.598. The molecule has 0 saturated heterocycles. The van der Waals surface area contributed by atoms with Gasteiger partial charge in [-0.25, -0.2) is 9.37 Å². The third-order valence-corrected chi connectivity index (χ3v) is 3.34. The van der Waals surface area contributed by atoms with Crippen molar-refractivity contribution in [3.63, 3.8) is 0 Å². The fraction of sp³-hybridized carbons (Fsp3) is 0.0588. The van der Waals surface area contributed by atoms with Crippen molar-refractivity contribution < 1.29 is 4.39 Å². The van der Waals surface area contributed by atoms with Gasteiger partial charge in [0.15, 0.2) is 0 Å². The highest BCUT2D eigenvalue weighted by Crippen LogP contribution is 2.21. The monoisotopic (exact) mass is 328 g/mol. The summed E-state index contributed by atoms with van der Waals surface area (Å²) in [6.45, 7) is 1.85. The first-order valence-electron chi connectivity index (χ1n) is 7.00. The van der Waals surface area contributed by atoms with E-state index >= 15 is 0 Å². The van der Waals surface area contributed by atoms with E-state index in [1.807, 2.05) is 19.1 Å². The van der Waals surface area contributed by atoms with Crippen molar-refractivity contribution in [2.45, 2.75) is 6.92 Å². The van der Waals surface area contributed by atoms with Gasteiger partial charge in [-0.2, -0.15) is 4.98 Å². The number of nitrogens with zero attached hydrogens (tertiary/aromatic N) is 2. The number of halogens is 2. The Morgan fingerprint density at radius 2 is 1.70 bits per heavy atom. The summed E-state index contributed by atoms with van der Waals surface area (Å²) in [7, 11) is 0. The van der Waals surface area contributed by atoms with E-state index in [-0.39, 0.29) is 5.82 Å². The van der Waals surface area contributed by atoms with Gasteiger partial charge in [-0.05, 0) is 43.3 Å². The molecule has 116 valence electrons. The summed E-state index contributed by atoms with van der Waals surface area (Å²) in [5, 5.41) is 6.71. The van der Waals surface area contributed by atoms with E-state index in [1.54, 1.807) is 36.4 Å². The Morgan fingerprint density at radius 1 is 0.957 bits per heavy atom. The minimum atomic E-state index is -0.337. The predicted molar refractivity (Wildman–Crippen MR) is 91.2 cm³/mol. The summed E-state index contributed by atoms with van der Waals surface area (Å²) in [6, 6.07) is 15.4. The molecule has 2 N–H and O–H groups in total. The van der Waals surface area contributed by atoms with Crippen LogP contribution >= 0.6 is 11.6 Å². The Labute approximate surface area is 138 Å². The number of hydrogen-bond donors (Lipinski definition) is 2. The van der Waals surface area contributed by atoms with Crippen LogP contribution in [0.4, 0.5) is 27.5 Å². The second-order valence-corrected chi connectivity index (χ2v) is 5.39. The Kier molecular flexibility index (Phi) is 4.39. The molecule has 1 heterocycles. The standard InChI is InChI=1S/C17H14ClFN4/c1-11-10-16(22-15-5-3-2-4-14(15)19)23-17(20-11)21-13-8-6-12(18)7-9-13/h2-10H,1H3,(H2,20,21,22,23). The zero-order valence-corrected chi connectivity index (χ0v) is 13.1. The normalized spacial score (nSPS) is 10.4. The molecule has 0 bridgehead atoms. The number of benzene rings is 2. The molecule has 0 unspecified atom stereocenters. The Morgan fingerprint density at radius 3 is 2.43 bits per heavy atom. The molecule has 3 aromatic rings. The van der Waals surface area contributed by atoms with Gasteiger partial charge in [-0.3, -0.25) is 0 Å². The SMILES string of the molecule is Cc1cc(Nc2ccccc2F)nc(Nc2ccc(Cl)cc2)n1. The largest absolute Gasteiger partial charge is 0.338 e. The second-order valence-electron chi connectivity index (χ2n) is 4.95. The van der Waals surface area contributed by atoms with Crippen molar-refractivity contribution in [1.29, 1.82) is 0 Å². The Bertz CT molecular complexity index is 821. The summed E-state index contributed by atoms with van der Waals surface area (Å²) < 4.78 is 13.7. The van der Waals surface area contributed by atoms with Gasteiger partial charge in [0.05, 0.1) is 5.69 Å². The molecular weight excluding hydrogens is 315 g/mol. The number of nitrogens with one attached hydrogen (secondary N) is 2. The van der Waals surface area contributed by atoms with Gasteiger partial charge >= 0.3 is 0 Å². The quantitative estimate of drug-likeness (QED) is 0.702. The van der Waals surface area contributed by atoms with Crippen LogP contribution in [0.1, 0.15) is 5.69 Å². The maximum absolute atomic E-state index is 13.7. The number of anilines is 4. The number of rotatable bonds is 4. The number of aryl methyl sites for hydroxylation is 1. The van der Waals surface area contributed by atoms with Gasteiger partial charge in [-0.1, -0.05) is 23.7 Å². The van der Waals surface area contributed by atoms with Crippen molar-refractivity contribution in [1.82, 2.24) is 9.97 Å². The van der Waals surface area contributed by atoms with Gasteiger partial charge in [-0.15, -0.1) is 0 Å². The van der Waals surface area contributed by atoms with Crippen LogP contribution in [0.5, 0.6) is 0 Å². The molecule has 0 radical (unpaired) electrons. The maximum atomic E-state index is 13.7. The van der Waals surface area contributed by atoms with E-state index < -0.39 is 0 Å². The summed E-state index contributed by atoms with van der Waals surface area (Å²) in [6.07, 6.45) is 0. The number of para-hydroxylation sites is 1. The van der Waals surface area contributed by atoms with Crippen LogP contribution in [0.3, 0.4) is 0 Å². The minimum Gasteiger partial charge on any atom is -0.338 e. The predicted octanol–water partition coefficient (Wildman–Crippen LogP) is 5.06. The van der Waals surface area contributed by atoms with Crippen molar-refractivity contribution in [2.24, 2.45) is 0 Å². The topological polar surface area (TPSA) is 49.8 Å². The van der Waals surface area contributed by atoms with E-state index in [4.69, 9.17) is 11.6 Å². The summed E-state index contributed by atoms with van der Waals surface area (Å²) in [5.41, 5.74) is 1.94. The molecule has 0 fully saturated rings.